The highest BCUT2D eigenvalue weighted by Crippen LogP contribution is 2.29. The topological polar surface area (TPSA) is 57.6 Å². The third kappa shape index (κ3) is 1.66. The summed E-state index contributed by atoms with van der Waals surface area (Å²) in [5, 5.41) is 8.73. The molecule has 4 nitrogen and oxygen atoms in total. The Kier molecular flexibility index (Phi) is 2.64. The van der Waals surface area contributed by atoms with Gasteiger partial charge in [0.15, 0.2) is 5.92 Å². The summed E-state index contributed by atoms with van der Waals surface area (Å²) < 4.78 is 0. The average molecular weight is 219 g/mol. The molecule has 1 amide bonds. The minimum Gasteiger partial charge on any atom is -0.481 e. The Hall–Kier alpha value is -1.84. The van der Waals surface area contributed by atoms with Gasteiger partial charge in [-0.3, -0.25) is 9.59 Å². The highest BCUT2D eigenvalue weighted by atomic mass is 16.4. The molecule has 1 saturated heterocycles. The summed E-state index contributed by atoms with van der Waals surface area (Å²) in [4.78, 5) is 23.8. The Morgan fingerprint density at radius 3 is 2.56 bits per heavy atom. The second kappa shape index (κ2) is 3.96. The molecule has 0 aliphatic carbocycles. The van der Waals surface area contributed by atoms with E-state index in [1.807, 2.05) is 37.3 Å². The van der Waals surface area contributed by atoms with E-state index in [2.05, 4.69) is 0 Å². The fraction of sp³-hybridized carbons (Fsp3) is 0.333. The van der Waals surface area contributed by atoms with Crippen LogP contribution in [0.15, 0.2) is 30.3 Å². The van der Waals surface area contributed by atoms with Crippen LogP contribution < -0.4 is 0 Å². The zero-order valence-corrected chi connectivity index (χ0v) is 8.96. The first-order valence-corrected chi connectivity index (χ1v) is 5.19. The molecule has 2 atom stereocenters. The van der Waals surface area contributed by atoms with Crippen LogP contribution in [0.2, 0.25) is 0 Å². The van der Waals surface area contributed by atoms with E-state index in [1.54, 1.807) is 4.90 Å². The molecular weight excluding hydrogens is 206 g/mol. The van der Waals surface area contributed by atoms with Crippen LogP contribution in [0.1, 0.15) is 18.5 Å². The van der Waals surface area contributed by atoms with Crippen molar-refractivity contribution < 1.29 is 14.7 Å². The predicted octanol–water partition coefficient (Wildman–Crippen LogP) is 1.29. The van der Waals surface area contributed by atoms with Gasteiger partial charge >= 0.3 is 5.97 Å². The lowest BCUT2D eigenvalue weighted by molar-refractivity contribution is -0.164. The number of likely N-dealkylation sites (tertiary alicyclic amines) is 1. The molecule has 0 spiro atoms. The molecule has 1 N–H and O–H groups in total. The number of amides is 1. The van der Waals surface area contributed by atoms with E-state index in [-0.39, 0.29) is 11.9 Å². The minimum atomic E-state index is -1.03. The van der Waals surface area contributed by atoms with Gasteiger partial charge in [0.05, 0.1) is 6.04 Å². The summed E-state index contributed by atoms with van der Waals surface area (Å²) in [5.41, 5.74) is 1.03. The maximum Gasteiger partial charge on any atom is 0.317 e. The lowest BCUT2D eigenvalue weighted by Crippen LogP contribution is -2.56. The number of carboxylic acid groups (broad SMARTS) is 1. The lowest BCUT2D eigenvalue weighted by Gasteiger charge is -2.40. The van der Waals surface area contributed by atoms with Gasteiger partial charge in [-0.1, -0.05) is 30.3 Å². The second-order valence-corrected chi connectivity index (χ2v) is 3.97. The maximum absolute atomic E-state index is 11.6. The SMILES string of the molecule is CC(c1ccccc1)N1CC(C(=O)O)C1=O. The summed E-state index contributed by atoms with van der Waals surface area (Å²) >= 11 is 0. The van der Waals surface area contributed by atoms with Gasteiger partial charge in [-0.15, -0.1) is 0 Å². The van der Waals surface area contributed by atoms with Gasteiger partial charge in [0, 0.05) is 6.54 Å². The van der Waals surface area contributed by atoms with Gasteiger partial charge in [-0.2, -0.15) is 0 Å². The molecule has 0 aromatic heterocycles. The molecule has 1 aromatic carbocycles. The van der Waals surface area contributed by atoms with E-state index in [0.717, 1.165) is 5.56 Å². The Morgan fingerprint density at radius 2 is 2.06 bits per heavy atom. The van der Waals surface area contributed by atoms with Crippen LogP contribution >= 0.6 is 0 Å². The molecule has 84 valence electrons. The summed E-state index contributed by atoms with van der Waals surface area (Å²) in [6, 6.07) is 9.55. The van der Waals surface area contributed by atoms with Crippen molar-refractivity contribution in [2.75, 3.05) is 6.54 Å². The monoisotopic (exact) mass is 219 g/mol. The molecule has 1 heterocycles. The molecule has 4 heteroatoms. The van der Waals surface area contributed by atoms with Crippen LogP contribution in [0.4, 0.5) is 0 Å². The van der Waals surface area contributed by atoms with Crippen molar-refractivity contribution in [1.82, 2.24) is 4.90 Å². The number of nitrogens with zero attached hydrogens (tertiary/aromatic N) is 1. The first-order chi connectivity index (χ1) is 7.61. The smallest absolute Gasteiger partial charge is 0.317 e. The molecule has 2 rings (SSSR count). The van der Waals surface area contributed by atoms with Gasteiger partial charge in [-0.25, -0.2) is 0 Å². The van der Waals surface area contributed by atoms with Gasteiger partial charge in [0.1, 0.15) is 0 Å². The number of β-lactam (4-membered cyclic amide) rings is 1. The third-order valence-electron chi connectivity index (χ3n) is 3.01. The van der Waals surface area contributed by atoms with Crippen LogP contribution in [0.25, 0.3) is 0 Å². The molecule has 1 aliphatic rings. The number of hydrogen-bond acceptors (Lipinski definition) is 2. The fourth-order valence-corrected chi connectivity index (χ4v) is 1.90. The van der Waals surface area contributed by atoms with Crippen molar-refractivity contribution in [3.05, 3.63) is 35.9 Å². The highest BCUT2D eigenvalue weighted by Gasteiger charge is 2.44. The van der Waals surface area contributed by atoms with Crippen LogP contribution in [0.5, 0.6) is 0 Å². The number of hydrogen-bond donors (Lipinski definition) is 1. The highest BCUT2D eigenvalue weighted by molar-refractivity contribution is 6.01. The molecule has 0 saturated carbocycles. The van der Waals surface area contributed by atoms with E-state index >= 15 is 0 Å². The van der Waals surface area contributed by atoms with Crippen molar-refractivity contribution in [2.45, 2.75) is 13.0 Å². The van der Waals surface area contributed by atoms with Crippen LogP contribution in [0, 0.1) is 5.92 Å². The Labute approximate surface area is 93.5 Å². The number of benzene rings is 1. The Balaban J connectivity index is 2.07. The summed E-state index contributed by atoms with van der Waals surface area (Å²) in [6.45, 7) is 2.22. The normalized spacial score (nSPS) is 21.4. The standard InChI is InChI=1S/C12H13NO3/c1-8(9-5-3-2-4-6-9)13-7-10(11(13)14)12(15)16/h2-6,8,10H,7H2,1H3,(H,15,16). The molecule has 1 fully saturated rings. The molecule has 2 unspecified atom stereocenters. The fourth-order valence-electron chi connectivity index (χ4n) is 1.90. The molecule has 16 heavy (non-hydrogen) atoms. The molecule has 1 aromatic rings. The van der Waals surface area contributed by atoms with E-state index in [4.69, 9.17) is 5.11 Å². The van der Waals surface area contributed by atoms with Gasteiger partial charge < -0.3 is 10.0 Å². The van der Waals surface area contributed by atoms with Crippen molar-refractivity contribution in [2.24, 2.45) is 5.92 Å². The van der Waals surface area contributed by atoms with E-state index in [9.17, 15) is 9.59 Å². The first-order valence-electron chi connectivity index (χ1n) is 5.19. The van der Waals surface area contributed by atoms with E-state index in [1.165, 1.54) is 0 Å². The number of carbonyl (C=O) groups is 2. The van der Waals surface area contributed by atoms with Crippen molar-refractivity contribution in [3.8, 4) is 0 Å². The summed E-state index contributed by atoms with van der Waals surface area (Å²) in [7, 11) is 0. The number of carbonyl (C=O) groups excluding carboxylic acids is 1. The second-order valence-electron chi connectivity index (χ2n) is 3.97. The van der Waals surface area contributed by atoms with Crippen molar-refractivity contribution >= 4 is 11.9 Å². The third-order valence-corrected chi connectivity index (χ3v) is 3.01. The Morgan fingerprint density at radius 1 is 1.44 bits per heavy atom. The minimum absolute atomic E-state index is 0.0516. The van der Waals surface area contributed by atoms with Crippen molar-refractivity contribution in [3.63, 3.8) is 0 Å². The maximum atomic E-state index is 11.6. The van der Waals surface area contributed by atoms with E-state index in [0.29, 0.717) is 6.54 Å². The molecular formula is C12H13NO3. The van der Waals surface area contributed by atoms with Crippen LogP contribution in [-0.4, -0.2) is 28.4 Å². The first kappa shape index (κ1) is 10.7. The quantitative estimate of drug-likeness (QED) is 0.615. The van der Waals surface area contributed by atoms with Gasteiger partial charge in [0.25, 0.3) is 0 Å². The summed E-state index contributed by atoms with van der Waals surface area (Å²) in [5.74, 6) is -2.16. The number of aliphatic carboxylic acids is 1. The van der Waals surface area contributed by atoms with Gasteiger partial charge in [-0.05, 0) is 12.5 Å². The van der Waals surface area contributed by atoms with Crippen LogP contribution in [0.3, 0.4) is 0 Å². The molecule has 1 aliphatic heterocycles. The van der Waals surface area contributed by atoms with Crippen LogP contribution in [-0.2, 0) is 9.59 Å². The molecule has 0 bridgehead atoms. The average Bonchev–Trinajstić information content (AvgIpc) is 2.27. The number of rotatable bonds is 3. The van der Waals surface area contributed by atoms with E-state index < -0.39 is 11.9 Å². The lowest BCUT2D eigenvalue weighted by atomic mass is 9.94. The zero-order valence-electron chi connectivity index (χ0n) is 8.96. The summed E-state index contributed by atoms with van der Waals surface area (Å²) in [6.07, 6.45) is 0. The number of carboxylic acids is 1. The predicted molar refractivity (Wildman–Crippen MR) is 57.7 cm³/mol. The largest absolute Gasteiger partial charge is 0.481 e. The zero-order chi connectivity index (χ0) is 11.7. The van der Waals surface area contributed by atoms with Crippen molar-refractivity contribution in [1.29, 1.82) is 0 Å². The molecule has 0 radical (unpaired) electrons. The Bertz CT molecular complexity index is 416. The van der Waals surface area contributed by atoms with Gasteiger partial charge in [0.2, 0.25) is 5.91 Å².